The van der Waals surface area contributed by atoms with Crippen molar-refractivity contribution in [1.82, 2.24) is 29.3 Å². The SMILES string of the molecule is C=C/C=C(\C=C/C)c1ccc(-c2nc(-c3ccc(-c4ccccc4)cc3)nc(-c3cc(-c4cccc(-c5nc6ccccn6c5-c5ccccc5)c4)cc(-c4ccc(C)nc4C)c3)n2)cc1. The summed E-state index contributed by atoms with van der Waals surface area (Å²) in [6.07, 6.45) is 10.0. The molecule has 316 valence electrons. The number of allylic oxidation sites excluding steroid dienone is 5. The van der Waals surface area contributed by atoms with E-state index in [2.05, 4.69) is 188 Å². The van der Waals surface area contributed by atoms with Gasteiger partial charge in [-0.05, 0) is 102 Å². The van der Waals surface area contributed by atoms with Crippen LogP contribution in [0.25, 0.3) is 101 Å². The summed E-state index contributed by atoms with van der Waals surface area (Å²) in [6, 6.07) is 63.3. The van der Waals surface area contributed by atoms with E-state index < -0.39 is 0 Å². The fraction of sp³-hybridized carbons (Fsp3) is 0.0500. The van der Waals surface area contributed by atoms with E-state index in [-0.39, 0.29) is 0 Å². The van der Waals surface area contributed by atoms with E-state index in [9.17, 15) is 0 Å². The van der Waals surface area contributed by atoms with Crippen LogP contribution in [0.3, 0.4) is 0 Å². The number of rotatable bonds is 11. The first-order valence-electron chi connectivity index (χ1n) is 22.1. The number of aromatic nitrogens is 6. The Labute approximate surface area is 385 Å². The molecule has 0 atom stereocenters. The van der Waals surface area contributed by atoms with Gasteiger partial charge < -0.3 is 0 Å². The van der Waals surface area contributed by atoms with Gasteiger partial charge in [0, 0.05) is 51.0 Å². The zero-order chi connectivity index (χ0) is 45.0. The fourth-order valence-electron chi connectivity index (χ4n) is 8.56. The van der Waals surface area contributed by atoms with Crippen LogP contribution in [-0.2, 0) is 0 Å². The largest absolute Gasteiger partial charge is 0.299 e. The standard InChI is InChI=1S/C60H46N6/c1-5-16-42(17-6-2)44-26-30-47(31-27-44)58-63-59(48-32-28-45(29-33-48)43-18-9-7-10-19-43)65-60(64-58)53-38-51(37-52(39-53)54-34-25-40(3)61-41(54)4)49-22-15-23-50(36-49)56-57(46-20-11-8-12-21-46)66-35-14-13-24-55(66)62-56/h5-39H,1H2,2-4H3/b17-6-,42-16+. The van der Waals surface area contributed by atoms with Gasteiger partial charge in [0.05, 0.1) is 11.4 Å². The number of fused-ring (bicyclic) bond motifs is 1. The quantitative estimate of drug-likeness (QED) is 0.121. The summed E-state index contributed by atoms with van der Waals surface area (Å²) in [5.41, 5.74) is 18.0. The van der Waals surface area contributed by atoms with Crippen LogP contribution < -0.4 is 0 Å². The first kappa shape index (κ1) is 41.4. The lowest BCUT2D eigenvalue weighted by Crippen LogP contribution is -2.01. The Morgan fingerprint density at radius 1 is 0.470 bits per heavy atom. The minimum absolute atomic E-state index is 0.566. The maximum Gasteiger partial charge on any atom is 0.164 e. The number of pyridine rings is 2. The van der Waals surface area contributed by atoms with Crippen molar-refractivity contribution in [3.05, 3.63) is 236 Å². The van der Waals surface area contributed by atoms with Crippen LogP contribution in [0.1, 0.15) is 23.9 Å². The zero-order valence-corrected chi connectivity index (χ0v) is 37.1. The summed E-state index contributed by atoms with van der Waals surface area (Å²) in [5, 5.41) is 0. The van der Waals surface area contributed by atoms with E-state index in [0.29, 0.717) is 17.5 Å². The average molecular weight is 851 g/mol. The summed E-state index contributed by atoms with van der Waals surface area (Å²) in [7, 11) is 0. The minimum Gasteiger partial charge on any atom is -0.299 e. The monoisotopic (exact) mass is 850 g/mol. The van der Waals surface area contributed by atoms with Gasteiger partial charge in [-0.15, -0.1) is 0 Å². The van der Waals surface area contributed by atoms with E-state index in [4.69, 9.17) is 24.9 Å². The fourth-order valence-corrected chi connectivity index (χ4v) is 8.56. The van der Waals surface area contributed by atoms with Crippen LogP contribution in [0.4, 0.5) is 0 Å². The predicted octanol–water partition coefficient (Wildman–Crippen LogP) is 15.0. The number of hydrogen-bond donors (Lipinski definition) is 0. The van der Waals surface area contributed by atoms with Crippen molar-refractivity contribution in [3.8, 4) is 90.1 Å². The van der Waals surface area contributed by atoms with E-state index in [1.807, 2.05) is 56.3 Å². The third kappa shape index (κ3) is 8.43. The molecule has 0 unspecified atom stereocenters. The molecule has 4 aromatic heterocycles. The van der Waals surface area contributed by atoms with Crippen molar-refractivity contribution in [1.29, 1.82) is 0 Å². The lowest BCUT2D eigenvalue weighted by Gasteiger charge is -2.14. The lowest BCUT2D eigenvalue weighted by molar-refractivity contribution is 1.07. The number of hydrogen-bond acceptors (Lipinski definition) is 5. The summed E-state index contributed by atoms with van der Waals surface area (Å²) in [5.74, 6) is 1.73. The second kappa shape index (κ2) is 18.2. The predicted molar refractivity (Wildman–Crippen MR) is 272 cm³/mol. The molecule has 10 aromatic rings. The first-order valence-corrected chi connectivity index (χ1v) is 22.1. The topological polar surface area (TPSA) is 68.9 Å². The summed E-state index contributed by atoms with van der Waals surface area (Å²) >= 11 is 0. The molecule has 10 rings (SSSR count). The Morgan fingerprint density at radius 3 is 1.71 bits per heavy atom. The number of aryl methyl sites for hydroxylation is 2. The number of benzene rings is 6. The third-order valence-corrected chi connectivity index (χ3v) is 11.8. The molecule has 0 bridgehead atoms. The molecule has 0 fully saturated rings. The van der Waals surface area contributed by atoms with Crippen molar-refractivity contribution in [2.45, 2.75) is 20.8 Å². The van der Waals surface area contributed by atoms with E-state index >= 15 is 0 Å². The molecule has 0 spiro atoms. The highest BCUT2D eigenvalue weighted by Gasteiger charge is 2.19. The lowest BCUT2D eigenvalue weighted by atomic mass is 9.93. The third-order valence-electron chi connectivity index (χ3n) is 11.8. The second-order valence-corrected chi connectivity index (χ2v) is 16.3. The average Bonchev–Trinajstić information content (AvgIpc) is 3.77. The van der Waals surface area contributed by atoms with Crippen LogP contribution in [0, 0.1) is 13.8 Å². The van der Waals surface area contributed by atoms with Crippen molar-refractivity contribution in [3.63, 3.8) is 0 Å². The molecule has 6 aromatic carbocycles. The Morgan fingerprint density at radius 2 is 1.03 bits per heavy atom. The Bertz CT molecular complexity index is 3440. The molecular formula is C60H46N6. The highest BCUT2D eigenvalue weighted by atomic mass is 15.0. The molecule has 6 nitrogen and oxygen atoms in total. The maximum absolute atomic E-state index is 5.26. The molecule has 66 heavy (non-hydrogen) atoms. The van der Waals surface area contributed by atoms with Gasteiger partial charge in [-0.25, -0.2) is 19.9 Å². The van der Waals surface area contributed by atoms with Crippen molar-refractivity contribution in [2.75, 3.05) is 0 Å². The Balaban J connectivity index is 1.15. The van der Waals surface area contributed by atoms with Gasteiger partial charge in [0.25, 0.3) is 0 Å². The van der Waals surface area contributed by atoms with Crippen LogP contribution >= 0.6 is 0 Å². The molecule has 6 heteroatoms. The normalized spacial score (nSPS) is 11.7. The van der Waals surface area contributed by atoms with Crippen molar-refractivity contribution < 1.29 is 0 Å². The van der Waals surface area contributed by atoms with E-state index in [1.54, 1.807) is 0 Å². The minimum atomic E-state index is 0.566. The summed E-state index contributed by atoms with van der Waals surface area (Å²) < 4.78 is 2.17. The number of nitrogens with zero attached hydrogens (tertiary/aromatic N) is 6. The van der Waals surface area contributed by atoms with Gasteiger partial charge in [0.15, 0.2) is 17.5 Å². The number of imidazole rings is 1. The summed E-state index contributed by atoms with van der Waals surface area (Å²) in [6.45, 7) is 10.0. The highest BCUT2D eigenvalue weighted by Crippen LogP contribution is 2.38. The Kier molecular flexibility index (Phi) is 11.4. The van der Waals surface area contributed by atoms with Crippen molar-refractivity contribution >= 4 is 11.2 Å². The molecule has 0 aliphatic heterocycles. The van der Waals surface area contributed by atoms with Gasteiger partial charge in [-0.2, -0.15) is 0 Å². The molecule has 0 saturated carbocycles. The van der Waals surface area contributed by atoms with Gasteiger partial charge in [0.1, 0.15) is 5.65 Å². The molecular weight excluding hydrogens is 805 g/mol. The summed E-state index contributed by atoms with van der Waals surface area (Å²) in [4.78, 5) is 25.7. The molecule has 0 aliphatic carbocycles. The van der Waals surface area contributed by atoms with Crippen LogP contribution in [0.2, 0.25) is 0 Å². The molecule has 0 radical (unpaired) electrons. The highest BCUT2D eigenvalue weighted by molar-refractivity contribution is 5.87. The van der Waals surface area contributed by atoms with Crippen molar-refractivity contribution in [2.24, 2.45) is 0 Å². The first-order chi connectivity index (χ1) is 32.4. The smallest absolute Gasteiger partial charge is 0.164 e. The molecule has 0 saturated heterocycles. The van der Waals surface area contributed by atoms with Crippen LogP contribution in [0.5, 0.6) is 0 Å². The van der Waals surface area contributed by atoms with E-state index in [0.717, 1.165) is 101 Å². The van der Waals surface area contributed by atoms with Gasteiger partial charge in [0.2, 0.25) is 0 Å². The molecule has 0 N–H and O–H groups in total. The van der Waals surface area contributed by atoms with Gasteiger partial charge in [-0.3, -0.25) is 9.38 Å². The van der Waals surface area contributed by atoms with E-state index in [1.165, 1.54) is 0 Å². The molecule has 0 amide bonds. The van der Waals surface area contributed by atoms with Gasteiger partial charge in [-0.1, -0.05) is 170 Å². The van der Waals surface area contributed by atoms with Crippen LogP contribution in [-0.4, -0.2) is 29.3 Å². The zero-order valence-electron chi connectivity index (χ0n) is 37.1. The Hall–Kier alpha value is -8.61. The molecule has 0 aliphatic rings. The molecule has 4 heterocycles. The maximum atomic E-state index is 5.26. The van der Waals surface area contributed by atoms with Crippen LogP contribution in [0.15, 0.2) is 219 Å². The van der Waals surface area contributed by atoms with Gasteiger partial charge >= 0.3 is 0 Å². The second-order valence-electron chi connectivity index (χ2n) is 16.3.